The highest BCUT2D eigenvalue weighted by Crippen LogP contribution is 2.29. The topological polar surface area (TPSA) is 92.5 Å². The number of oxazole rings is 1. The number of nitrogens with zero attached hydrogens (tertiary/aromatic N) is 2. The molecule has 30 heavy (non-hydrogen) atoms. The highest BCUT2D eigenvalue weighted by atomic mass is 32.2. The zero-order chi connectivity index (χ0) is 21.3. The molecule has 4 rings (SSSR count). The Labute approximate surface area is 183 Å². The smallest absolute Gasteiger partial charge is 0.267 e. The van der Waals surface area contributed by atoms with Gasteiger partial charge in [0.15, 0.2) is 0 Å². The van der Waals surface area contributed by atoms with Crippen molar-refractivity contribution >= 4 is 44.7 Å². The Morgan fingerprint density at radius 1 is 1.20 bits per heavy atom. The highest BCUT2D eigenvalue weighted by molar-refractivity contribution is 7.99. The van der Waals surface area contributed by atoms with E-state index in [1.807, 2.05) is 19.9 Å². The second-order valence-corrected chi connectivity index (χ2v) is 10.9. The van der Waals surface area contributed by atoms with Crippen LogP contribution < -0.4 is 5.32 Å². The Hall–Kier alpha value is -2.14. The summed E-state index contributed by atoms with van der Waals surface area (Å²) in [5.41, 5.74) is 2.08. The summed E-state index contributed by atoms with van der Waals surface area (Å²) in [6, 6.07) is 8.64. The van der Waals surface area contributed by atoms with Crippen LogP contribution in [-0.4, -0.2) is 48.2 Å². The summed E-state index contributed by atoms with van der Waals surface area (Å²) in [4.78, 5) is 17.5. The Balaban J connectivity index is 1.57. The van der Waals surface area contributed by atoms with Gasteiger partial charge in [-0.1, -0.05) is 6.07 Å². The zero-order valence-electron chi connectivity index (χ0n) is 16.5. The average Bonchev–Trinajstić information content (AvgIpc) is 3.37. The van der Waals surface area contributed by atoms with E-state index in [1.54, 1.807) is 35.3 Å². The fourth-order valence-corrected chi connectivity index (χ4v) is 6.98. The molecule has 1 fully saturated rings. The third-order valence-corrected chi connectivity index (χ3v) is 8.75. The number of aryl methyl sites for hydroxylation is 2. The van der Waals surface area contributed by atoms with Crippen molar-refractivity contribution in [2.75, 3.05) is 29.9 Å². The zero-order valence-corrected chi connectivity index (χ0v) is 19.0. The van der Waals surface area contributed by atoms with Crippen LogP contribution in [0.4, 0.5) is 5.69 Å². The molecule has 10 heteroatoms. The Bertz CT molecular complexity index is 1160. The van der Waals surface area contributed by atoms with Gasteiger partial charge in [-0.25, -0.2) is 13.4 Å². The average molecular weight is 464 g/mol. The number of hydrogen-bond donors (Lipinski definition) is 1. The molecule has 7 nitrogen and oxygen atoms in total. The number of sulfonamides is 1. The molecule has 0 aliphatic carbocycles. The highest BCUT2D eigenvalue weighted by Gasteiger charge is 2.31. The van der Waals surface area contributed by atoms with Crippen LogP contribution in [0.3, 0.4) is 0 Å². The second kappa shape index (κ2) is 8.54. The van der Waals surface area contributed by atoms with Crippen molar-refractivity contribution in [3.8, 4) is 11.5 Å². The Kier molecular flexibility index (Phi) is 6.01. The molecule has 1 saturated heterocycles. The van der Waals surface area contributed by atoms with E-state index in [4.69, 9.17) is 4.42 Å². The lowest BCUT2D eigenvalue weighted by Gasteiger charge is -2.25. The molecule has 0 spiro atoms. The van der Waals surface area contributed by atoms with Gasteiger partial charge in [-0.2, -0.15) is 16.1 Å². The first-order valence-corrected chi connectivity index (χ1v) is 12.8. The summed E-state index contributed by atoms with van der Waals surface area (Å²) in [5.74, 6) is 2.29. The van der Waals surface area contributed by atoms with Crippen LogP contribution in [0.5, 0.6) is 0 Å². The van der Waals surface area contributed by atoms with Crippen LogP contribution in [0.15, 0.2) is 45.0 Å². The maximum atomic E-state index is 13.0. The maximum Gasteiger partial charge on any atom is 0.267 e. The van der Waals surface area contributed by atoms with Crippen LogP contribution >= 0.6 is 23.1 Å². The number of benzene rings is 1. The monoisotopic (exact) mass is 463 g/mol. The first kappa shape index (κ1) is 21.1. The molecule has 1 amide bonds. The fraction of sp³-hybridized carbons (Fsp3) is 0.300. The summed E-state index contributed by atoms with van der Waals surface area (Å²) in [6.07, 6.45) is 0. The second-order valence-electron chi connectivity index (χ2n) is 6.83. The number of nitrogens with one attached hydrogen (secondary N) is 1. The van der Waals surface area contributed by atoms with Gasteiger partial charge in [0.1, 0.15) is 15.5 Å². The molecule has 0 radical (unpaired) electrons. The number of carbonyl (C=O) groups excluding carboxylic acids is 1. The number of thiophene rings is 1. The van der Waals surface area contributed by atoms with Crippen molar-refractivity contribution in [3.63, 3.8) is 0 Å². The minimum Gasteiger partial charge on any atom is -0.441 e. The fourth-order valence-electron chi connectivity index (χ4n) is 3.11. The molecule has 158 valence electrons. The molecule has 0 saturated carbocycles. The molecule has 1 aromatic carbocycles. The molecular formula is C20H21N3O4S3. The van der Waals surface area contributed by atoms with Gasteiger partial charge in [-0.3, -0.25) is 4.79 Å². The molecule has 1 aliphatic heterocycles. The van der Waals surface area contributed by atoms with E-state index in [9.17, 15) is 13.2 Å². The number of anilines is 1. The largest absolute Gasteiger partial charge is 0.441 e. The maximum absolute atomic E-state index is 13.0. The van der Waals surface area contributed by atoms with Crippen molar-refractivity contribution in [1.29, 1.82) is 0 Å². The lowest BCUT2D eigenvalue weighted by Crippen LogP contribution is -2.38. The first-order valence-electron chi connectivity index (χ1n) is 9.37. The van der Waals surface area contributed by atoms with Gasteiger partial charge >= 0.3 is 0 Å². The summed E-state index contributed by atoms with van der Waals surface area (Å²) in [7, 11) is -3.70. The third kappa shape index (κ3) is 4.18. The quantitative estimate of drug-likeness (QED) is 0.615. The Morgan fingerprint density at radius 3 is 2.67 bits per heavy atom. The van der Waals surface area contributed by atoms with Gasteiger partial charge in [0.05, 0.1) is 5.69 Å². The van der Waals surface area contributed by atoms with E-state index >= 15 is 0 Å². The van der Waals surface area contributed by atoms with E-state index in [1.165, 1.54) is 10.4 Å². The van der Waals surface area contributed by atoms with Crippen molar-refractivity contribution in [2.45, 2.75) is 18.7 Å². The SMILES string of the molecule is Cc1nc(-c2cccc(NC(=O)c3sccc3S(=O)(=O)N3CCSCC3)c2)oc1C. The third-order valence-electron chi connectivity index (χ3n) is 4.82. The summed E-state index contributed by atoms with van der Waals surface area (Å²) >= 11 is 2.85. The van der Waals surface area contributed by atoms with Gasteiger partial charge in [-0.05, 0) is 43.5 Å². The number of rotatable bonds is 5. The van der Waals surface area contributed by atoms with Crippen LogP contribution in [0, 0.1) is 13.8 Å². The minimum atomic E-state index is -3.70. The summed E-state index contributed by atoms with van der Waals surface area (Å²) in [5, 5.41) is 4.44. The van der Waals surface area contributed by atoms with Crippen LogP contribution in [-0.2, 0) is 10.0 Å². The van der Waals surface area contributed by atoms with E-state index in [0.717, 1.165) is 39.9 Å². The number of aromatic nitrogens is 1. The van der Waals surface area contributed by atoms with Crippen molar-refractivity contribution < 1.29 is 17.6 Å². The lowest BCUT2D eigenvalue weighted by atomic mass is 10.2. The van der Waals surface area contributed by atoms with Crippen molar-refractivity contribution in [1.82, 2.24) is 9.29 Å². The number of amides is 1. The molecule has 0 atom stereocenters. The van der Waals surface area contributed by atoms with Gasteiger partial charge in [-0.15, -0.1) is 11.3 Å². The molecule has 1 N–H and O–H groups in total. The van der Waals surface area contributed by atoms with Gasteiger partial charge < -0.3 is 9.73 Å². The summed E-state index contributed by atoms with van der Waals surface area (Å²) in [6.45, 7) is 4.63. The van der Waals surface area contributed by atoms with E-state index in [-0.39, 0.29) is 9.77 Å². The molecule has 0 bridgehead atoms. The predicted octanol–water partition coefficient (Wildman–Crippen LogP) is 4.01. The van der Waals surface area contributed by atoms with Crippen molar-refractivity contribution in [3.05, 3.63) is 52.0 Å². The molecule has 0 unspecified atom stereocenters. The van der Waals surface area contributed by atoms with Crippen LogP contribution in [0.2, 0.25) is 0 Å². The lowest BCUT2D eigenvalue weighted by molar-refractivity contribution is 0.102. The number of thioether (sulfide) groups is 1. The molecule has 1 aliphatic rings. The number of carbonyl (C=O) groups is 1. The van der Waals surface area contributed by atoms with Gasteiger partial charge in [0, 0.05) is 35.8 Å². The summed E-state index contributed by atoms with van der Waals surface area (Å²) < 4.78 is 33.2. The van der Waals surface area contributed by atoms with E-state index in [2.05, 4.69) is 10.3 Å². The van der Waals surface area contributed by atoms with Crippen molar-refractivity contribution in [2.24, 2.45) is 0 Å². The minimum absolute atomic E-state index is 0.0620. The molecule has 3 heterocycles. The van der Waals surface area contributed by atoms with E-state index in [0.29, 0.717) is 24.7 Å². The van der Waals surface area contributed by atoms with E-state index < -0.39 is 15.9 Å². The normalized spacial score (nSPS) is 15.3. The van der Waals surface area contributed by atoms with Gasteiger partial charge in [0.2, 0.25) is 15.9 Å². The predicted molar refractivity (Wildman–Crippen MR) is 120 cm³/mol. The van der Waals surface area contributed by atoms with Crippen LogP contribution in [0.1, 0.15) is 21.1 Å². The van der Waals surface area contributed by atoms with Crippen LogP contribution in [0.25, 0.3) is 11.5 Å². The van der Waals surface area contributed by atoms with Gasteiger partial charge in [0.25, 0.3) is 5.91 Å². The Morgan fingerprint density at radius 2 is 1.97 bits per heavy atom. The molecular weight excluding hydrogens is 442 g/mol. The molecule has 3 aromatic rings. The first-order chi connectivity index (χ1) is 14.4. The molecule has 2 aromatic heterocycles. The number of hydrogen-bond acceptors (Lipinski definition) is 7. The standard InChI is InChI=1S/C20H21N3O4S3/c1-13-14(2)27-20(21-13)15-4-3-5-16(12-15)22-19(24)18-17(6-9-29-18)30(25,26)23-7-10-28-11-8-23/h3-6,9,12H,7-8,10-11H2,1-2H3,(H,22,24).